The van der Waals surface area contributed by atoms with Crippen molar-refractivity contribution in [3.63, 3.8) is 0 Å². The van der Waals surface area contributed by atoms with Crippen molar-refractivity contribution < 1.29 is 9.53 Å². The van der Waals surface area contributed by atoms with E-state index in [0.29, 0.717) is 0 Å². The smallest absolute Gasteiger partial charge is 0.254 e. The molecule has 0 N–H and O–H groups in total. The van der Waals surface area contributed by atoms with Gasteiger partial charge in [-0.2, -0.15) is 0 Å². The normalized spacial score (nSPS) is 23.3. The second kappa shape index (κ2) is 5.17. The van der Waals surface area contributed by atoms with E-state index in [4.69, 9.17) is 4.74 Å². The van der Waals surface area contributed by atoms with E-state index in [-0.39, 0.29) is 12.0 Å². The maximum absolute atomic E-state index is 12.4. The molecule has 18 heavy (non-hydrogen) atoms. The Morgan fingerprint density at radius 2 is 2.33 bits per heavy atom. The van der Waals surface area contributed by atoms with Crippen molar-refractivity contribution in [2.45, 2.75) is 25.4 Å². The third kappa shape index (κ3) is 2.40. The van der Waals surface area contributed by atoms with E-state index >= 15 is 0 Å². The molecule has 0 spiro atoms. The summed E-state index contributed by atoms with van der Waals surface area (Å²) in [5, 5.41) is 0. The molecule has 1 atom stereocenters. The molecule has 0 radical (unpaired) electrons. The summed E-state index contributed by atoms with van der Waals surface area (Å²) < 4.78 is 6.74. The van der Waals surface area contributed by atoms with E-state index in [9.17, 15) is 4.79 Å². The standard InChI is InChI=1S/C14H16INO2/c15-11-4-3-10-5-6-16(14(17)13(10)8-11)9-12-2-1-7-18-12/h3-4,8,12H,1-2,5-7,9H2. The van der Waals surface area contributed by atoms with Crippen LogP contribution in [0.5, 0.6) is 0 Å². The van der Waals surface area contributed by atoms with Gasteiger partial charge in [0, 0.05) is 28.8 Å². The van der Waals surface area contributed by atoms with Crippen molar-refractivity contribution >= 4 is 28.5 Å². The summed E-state index contributed by atoms with van der Waals surface area (Å²) in [4.78, 5) is 14.4. The van der Waals surface area contributed by atoms with Gasteiger partial charge in [-0.1, -0.05) is 6.07 Å². The first-order valence-corrected chi connectivity index (χ1v) is 7.51. The molecule has 0 aromatic heterocycles. The zero-order valence-corrected chi connectivity index (χ0v) is 12.4. The number of nitrogens with zero attached hydrogens (tertiary/aromatic N) is 1. The van der Waals surface area contributed by atoms with E-state index in [1.54, 1.807) is 0 Å². The highest BCUT2D eigenvalue weighted by Gasteiger charge is 2.27. The van der Waals surface area contributed by atoms with Crippen molar-refractivity contribution in [3.05, 3.63) is 32.9 Å². The lowest BCUT2D eigenvalue weighted by molar-refractivity contribution is 0.0510. The van der Waals surface area contributed by atoms with E-state index in [1.807, 2.05) is 11.0 Å². The second-order valence-electron chi connectivity index (χ2n) is 4.94. The van der Waals surface area contributed by atoms with Gasteiger partial charge in [-0.3, -0.25) is 4.79 Å². The van der Waals surface area contributed by atoms with Crippen LogP contribution in [0.4, 0.5) is 0 Å². The Balaban J connectivity index is 1.78. The van der Waals surface area contributed by atoms with Crippen LogP contribution in [0.15, 0.2) is 18.2 Å². The van der Waals surface area contributed by atoms with Gasteiger partial charge in [-0.25, -0.2) is 0 Å². The monoisotopic (exact) mass is 357 g/mol. The maximum Gasteiger partial charge on any atom is 0.254 e. The summed E-state index contributed by atoms with van der Waals surface area (Å²) in [6.45, 7) is 2.43. The molecule has 2 aliphatic heterocycles. The Labute approximate surface area is 121 Å². The van der Waals surface area contributed by atoms with Gasteiger partial charge in [0.25, 0.3) is 5.91 Å². The van der Waals surface area contributed by atoms with Crippen LogP contribution in [-0.2, 0) is 11.2 Å². The predicted octanol–water partition coefficient (Wildman–Crippen LogP) is 2.47. The van der Waals surface area contributed by atoms with Gasteiger partial charge < -0.3 is 9.64 Å². The number of ether oxygens (including phenoxy) is 1. The van der Waals surface area contributed by atoms with Gasteiger partial charge in [0.05, 0.1) is 6.10 Å². The number of halogens is 1. The van der Waals surface area contributed by atoms with E-state index in [0.717, 1.165) is 48.1 Å². The number of benzene rings is 1. The SMILES string of the molecule is O=C1c2cc(I)ccc2CCN1CC1CCCO1. The molecule has 1 fully saturated rings. The number of carbonyl (C=O) groups is 1. The first-order chi connectivity index (χ1) is 8.74. The van der Waals surface area contributed by atoms with Crippen LogP contribution in [0.1, 0.15) is 28.8 Å². The fourth-order valence-corrected chi connectivity index (χ4v) is 3.19. The molecule has 0 aliphatic carbocycles. The lowest BCUT2D eigenvalue weighted by Crippen LogP contribution is -2.42. The Bertz CT molecular complexity index is 469. The van der Waals surface area contributed by atoms with E-state index in [1.165, 1.54) is 5.56 Å². The van der Waals surface area contributed by atoms with Gasteiger partial charge in [-0.05, 0) is 59.5 Å². The summed E-state index contributed by atoms with van der Waals surface area (Å²) >= 11 is 2.26. The lowest BCUT2D eigenvalue weighted by Gasteiger charge is -2.30. The maximum atomic E-state index is 12.4. The molecule has 1 amide bonds. The summed E-state index contributed by atoms with van der Waals surface area (Å²) in [6.07, 6.45) is 3.42. The molecular formula is C14H16INO2. The zero-order chi connectivity index (χ0) is 12.5. The molecule has 1 saturated heterocycles. The van der Waals surface area contributed by atoms with Crippen LogP contribution in [0.3, 0.4) is 0 Å². The summed E-state index contributed by atoms with van der Waals surface area (Å²) in [7, 11) is 0. The highest BCUT2D eigenvalue weighted by molar-refractivity contribution is 14.1. The van der Waals surface area contributed by atoms with Crippen LogP contribution < -0.4 is 0 Å². The topological polar surface area (TPSA) is 29.5 Å². The molecule has 4 heteroatoms. The Hall–Kier alpha value is -0.620. The molecule has 2 heterocycles. The quantitative estimate of drug-likeness (QED) is 0.762. The number of hydrogen-bond donors (Lipinski definition) is 0. The molecular weight excluding hydrogens is 341 g/mol. The van der Waals surface area contributed by atoms with Crippen molar-refractivity contribution in [1.82, 2.24) is 4.90 Å². The summed E-state index contributed by atoms with van der Waals surface area (Å²) in [5.74, 6) is 0.172. The Morgan fingerprint density at radius 1 is 1.44 bits per heavy atom. The minimum atomic E-state index is 0.172. The fourth-order valence-electron chi connectivity index (χ4n) is 2.70. The number of rotatable bonds is 2. The molecule has 2 aliphatic rings. The van der Waals surface area contributed by atoms with E-state index in [2.05, 4.69) is 34.7 Å². The largest absolute Gasteiger partial charge is 0.376 e. The third-order valence-corrected chi connectivity index (χ3v) is 4.36. The summed E-state index contributed by atoms with van der Waals surface area (Å²) in [5.41, 5.74) is 2.06. The molecule has 3 rings (SSSR count). The van der Waals surface area contributed by atoms with Gasteiger partial charge in [0.1, 0.15) is 0 Å². The minimum absolute atomic E-state index is 0.172. The van der Waals surface area contributed by atoms with Crippen molar-refractivity contribution in [1.29, 1.82) is 0 Å². The first-order valence-electron chi connectivity index (χ1n) is 6.43. The van der Waals surface area contributed by atoms with Crippen LogP contribution in [0.2, 0.25) is 0 Å². The molecule has 3 nitrogen and oxygen atoms in total. The Morgan fingerprint density at radius 3 is 3.11 bits per heavy atom. The van der Waals surface area contributed by atoms with Crippen LogP contribution in [0, 0.1) is 3.57 Å². The second-order valence-corrected chi connectivity index (χ2v) is 6.18. The van der Waals surface area contributed by atoms with Crippen molar-refractivity contribution in [3.8, 4) is 0 Å². The highest BCUT2D eigenvalue weighted by atomic mass is 127. The lowest BCUT2D eigenvalue weighted by atomic mass is 9.99. The average Bonchev–Trinajstić information content (AvgIpc) is 2.86. The van der Waals surface area contributed by atoms with Gasteiger partial charge in [0.15, 0.2) is 0 Å². The Kier molecular flexibility index (Phi) is 3.56. The predicted molar refractivity (Wildman–Crippen MR) is 77.7 cm³/mol. The highest BCUT2D eigenvalue weighted by Crippen LogP contribution is 2.23. The summed E-state index contributed by atoms with van der Waals surface area (Å²) in [6, 6.07) is 6.15. The molecule has 1 aromatic rings. The zero-order valence-electron chi connectivity index (χ0n) is 10.2. The number of amides is 1. The van der Waals surface area contributed by atoms with Gasteiger partial charge in [0.2, 0.25) is 0 Å². The molecule has 0 saturated carbocycles. The van der Waals surface area contributed by atoms with Gasteiger partial charge >= 0.3 is 0 Å². The van der Waals surface area contributed by atoms with E-state index < -0.39 is 0 Å². The molecule has 1 unspecified atom stereocenters. The third-order valence-electron chi connectivity index (χ3n) is 3.69. The van der Waals surface area contributed by atoms with Crippen molar-refractivity contribution in [2.24, 2.45) is 0 Å². The average molecular weight is 357 g/mol. The minimum Gasteiger partial charge on any atom is -0.376 e. The molecule has 1 aromatic carbocycles. The number of hydrogen-bond acceptors (Lipinski definition) is 2. The number of fused-ring (bicyclic) bond motifs is 1. The van der Waals surface area contributed by atoms with Gasteiger partial charge in [-0.15, -0.1) is 0 Å². The van der Waals surface area contributed by atoms with Crippen LogP contribution >= 0.6 is 22.6 Å². The van der Waals surface area contributed by atoms with Crippen molar-refractivity contribution in [2.75, 3.05) is 19.7 Å². The van der Waals surface area contributed by atoms with Crippen LogP contribution in [-0.4, -0.2) is 36.6 Å². The molecule has 0 bridgehead atoms. The van der Waals surface area contributed by atoms with Crippen LogP contribution in [0.25, 0.3) is 0 Å². The molecule has 96 valence electrons. The fraction of sp³-hybridized carbons (Fsp3) is 0.500. The first kappa shape index (κ1) is 12.4. The number of carbonyl (C=O) groups excluding carboxylic acids is 1.